The van der Waals surface area contributed by atoms with Gasteiger partial charge in [0, 0.05) is 6.42 Å². The van der Waals surface area contributed by atoms with Crippen molar-refractivity contribution in [1.29, 1.82) is 0 Å². The molecule has 78 heavy (non-hydrogen) atoms. The van der Waals surface area contributed by atoms with Gasteiger partial charge in [-0.05, 0) is 128 Å². The Morgan fingerprint density at radius 3 is 1.23 bits per heavy atom. The molecule has 0 saturated carbocycles. The summed E-state index contributed by atoms with van der Waals surface area (Å²) in [6, 6.07) is -0.860. The third kappa shape index (κ3) is 44.4. The highest BCUT2D eigenvalue weighted by Gasteiger charge is 2.44. The van der Waals surface area contributed by atoms with Crippen LogP contribution in [-0.4, -0.2) is 87.5 Å². The van der Waals surface area contributed by atoms with E-state index in [2.05, 4.69) is 177 Å². The molecule has 1 fully saturated rings. The van der Waals surface area contributed by atoms with Crippen LogP contribution in [0.1, 0.15) is 200 Å². The molecule has 1 amide bonds. The highest BCUT2D eigenvalue weighted by atomic mass is 16.7. The van der Waals surface area contributed by atoms with Crippen LogP contribution in [0.4, 0.5) is 0 Å². The average Bonchev–Trinajstić information content (AvgIpc) is 3.45. The number of aliphatic hydroxyl groups is 5. The maximum absolute atomic E-state index is 13.1. The number of hydrogen-bond donors (Lipinski definition) is 6. The van der Waals surface area contributed by atoms with Gasteiger partial charge in [0.2, 0.25) is 5.91 Å². The number of hydrogen-bond acceptors (Lipinski definition) is 8. The molecule has 1 saturated heterocycles. The second-order valence-corrected chi connectivity index (χ2v) is 20.0. The molecular formula is C69H109NO8. The Labute approximate surface area is 475 Å². The first-order valence-corrected chi connectivity index (χ1v) is 30.4. The van der Waals surface area contributed by atoms with Crippen molar-refractivity contribution in [3.05, 3.63) is 170 Å². The number of nitrogens with one attached hydrogen (secondary N) is 1. The topological polar surface area (TPSA) is 149 Å². The summed E-state index contributed by atoms with van der Waals surface area (Å²) in [6.45, 7) is 3.60. The van der Waals surface area contributed by atoms with Gasteiger partial charge in [0.25, 0.3) is 0 Å². The molecule has 7 unspecified atom stereocenters. The van der Waals surface area contributed by atoms with Crippen molar-refractivity contribution in [3.63, 3.8) is 0 Å². The number of amides is 1. The lowest BCUT2D eigenvalue weighted by Crippen LogP contribution is -2.60. The Kier molecular flexibility index (Phi) is 51.2. The standard InChI is InChI=1S/C69H109NO8/c1-3-5-7-9-11-13-15-17-19-21-23-24-25-26-27-28-29-30-31-32-33-34-35-36-37-38-39-40-41-43-45-47-49-51-53-55-57-59-65(73)70-62(61-77-69-68(76)67(75)66(74)64(60-71)78-69)63(72)58-56-54-52-50-48-46-44-42-22-20-18-16-14-12-10-8-6-4-2/h5,7,11,13,17,19,22-24,26-27,29-30,32-33,35-36,38-39,41-43,47-50,56,58,62-64,66-69,71-72,74-76H,3-4,6,8-10,12,14-16,18,20-21,25,28,31,34,37,40,44-46,51-55,57,59-61H2,1-2H3,(H,70,73)/b7-5-,13-11-,19-17-,24-23-,27-26-,30-29-,33-32-,36-35-,39-38-,42-22+,43-41-,49-47-,50-48+,58-56+. The van der Waals surface area contributed by atoms with Crippen molar-refractivity contribution in [2.24, 2.45) is 0 Å². The zero-order valence-corrected chi connectivity index (χ0v) is 48.6. The number of ether oxygens (including phenoxy) is 2. The normalized spacial score (nSPS) is 19.9. The van der Waals surface area contributed by atoms with Gasteiger partial charge >= 0.3 is 0 Å². The van der Waals surface area contributed by atoms with E-state index in [0.717, 1.165) is 116 Å². The molecule has 6 N–H and O–H groups in total. The zero-order valence-electron chi connectivity index (χ0n) is 48.6. The minimum Gasteiger partial charge on any atom is -0.394 e. The van der Waals surface area contributed by atoms with Crippen LogP contribution in [0, 0.1) is 0 Å². The van der Waals surface area contributed by atoms with Gasteiger partial charge in [-0.2, -0.15) is 0 Å². The van der Waals surface area contributed by atoms with Gasteiger partial charge in [-0.1, -0.05) is 235 Å². The molecule has 1 heterocycles. The fourth-order valence-electron chi connectivity index (χ4n) is 8.25. The molecule has 1 aliphatic heterocycles. The van der Waals surface area contributed by atoms with Gasteiger partial charge in [-0.3, -0.25) is 4.79 Å². The summed E-state index contributed by atoms with van der Waals surface area (Å²) in [5.41, 5.74) is 0. The van der Waals surface area contributed by atoms with Gasteiger partial charge in [0.1, 0.15) is 24.4 Å². The lowest BCUT2D eigenvalue weighted by atomic mass is 9.99. The first kappa shape index (κ1) is 71.6. The van der Waals surface area contributed by atoms with Gasteiger partial charge in [0.15, 0.2) is 6.29 Å². The molecule has 0 aromatic rings. The molecule has 0 aromatic heterocycles. The van der Waals surface area contributed by atoms with Crippen molar-refractivity contribution >= 4 is 5.91 Å². The second-order valence-electron chi connectivity index (χ2n) is 20.0. The molecule has 9 nitrogen and oxygen atoms in total. The summed E-state index contributed by atoms with van der Waals surface area (Å²) in [7, 11) is 0. The van der Waals surface area contributed by atoms with E-state index in [-0.39, 0.29) is 18.9 Å². The van der Waals surface area contributed by atoms with Crippen molar-refractivity contribution in [1.82, 2.24) is 5.32 Å². The van der Waals surface area contributed by atoms with Crippen molar-refractivity contribution in [3.8, 4) is 0 Å². The number of unbranched alkanes of at least 4 members (excludes halogenated alkanes) is 13. The van der Waals surface area contributed by atoms with E-state index in [1.165, 1.54) is 51.4 Å². The van der Waals surface area contributed by atoms with Gasteiger partial charge in [0.05, 0.1) is 25.4 Å². The fourth-order valence-corrected chi connectivity index (χ4v) is 8.25. The van der Waals surface area contributed by atoms with E-state index in [1.54, 1.807) is 6.08 Å². The molecule has 438 valence electrons. The molecule has 1 aliphatic rings. The molecule has 0 spiro atoms. The Bertz CT molecular complexity index is 1830. The number of rotatable bonds is 49. The average molecular weight is 1080 g/mol. The zero-order chi connectivity index (χ0) is 56.5. The monoisotopic (exact) mass is 1080 g/mol. The van der Waals surface area contributed by atoms with Crippen LogP contribution in [0.5, 0.6) is 0 Å². The minimum absolute atomic E-state index is 0.231. The summed E-state index contributed by atoms with van der Waals surface area (Å²) >= 11 is 0. The number of allylic oxidation sites excluding steroid dienone is 27. The largest absolute Gasteiger partial charge is 0.394 e. The Hall–Kier alpha value is -4.45. The first-order chi connectivity index (χ1) is 38.3. The van der Waals surface area contributed by atoms with Crippen LogP contribution in [0.25, 0.3) is 0 Å². The van der Waals surface area contributed by atoms with Gasteiger partial charge in [-0.15, -0.1) is 0 Å². The smallest absolute Gasteiger partial charge is 0.220 e. The van der Waals surface area contributed by atoms with E-state index in [0.29, 0.717) is 12.8 Å². The van der Waals surface area contributed by atoms with E-state index in [4.69, 9.17) is 9.47 Å². The van der Waals surface area contributed by atoms with Gasteiger partial charge < -0.3 is 40.3 Å². The minimum atomic E-state index is -1.59. The Morgan fingerprint density at radius 2 is 0.808 bits per heavy atom. The second kappa shape index (κ2) is 55.8. The number of carbonyl (C=O) groups is 1. The maximum atomic E-state index is 13.1. The number of aliphatic hydroxyl groups excluding tert-OH is 5. The Balaban J connectivity index is 2.27. The highest BCUT2D eigenvalue weighted by molar-refractivity contribution is 5.76. The van der Waals surface area contributed by atoms with Crippen LogP contribution in [0.15, 0.2) is 170 Å². The summed E-state index contributed by atoms with van der Waals surface area (Å²) in [5.74, 6) is -0.231. The summed E-state index contributed by atoms with van der Waals surface area (Å²) in [6.07, 6.45) is 82.8. The molecule has 0 bridgehead atoms. The predicted octanol–water partition coefficient (Wildman–Crippen LogP) is 15.8. The predicted molar refractivity (Wildman–Crippen MR) is 331 cm³/mol. The highest BCUT2D eigenvalue weighted by Crippen LogP contribution is 2.22. The lowest BCUT2D eigenvalue weighted by molar-refractivity contribution is -0.302. The van der Waals surface area contributed by atoms with Crippen LogP contribution >= 0.6 is 0 Å². The van der Waals surface area contributed by atoms with E-state index in [1.807, 2.05) is 6.08 Å². The maximum Gasteiger partial charge on any atom is 0.220 e. The molecule has 9 heteroatoms. The van der Waals surface area contributed by atoms with Crippen LogP contribution in [0.2, 0.25) is 0 Å². The molecule has 7 atom stereocenters. The molecule has 0 aromatic carbocycles. The fraction of sp³-hybridized carbons (Fsp3) is 0.580. The Morgan fingerprint density at radius 1 is 0.449 bits per heavy atom. The number of carbonyl (C=O) groups excluding carboxylic acids is 1. The first-order valence-electron chi connectivity index (χ1n) is 30.4. The van der Waals surface area contributed by atoms with Crippen LogP contribution in [-0.2, 0) is 14.3 Å². The van der Waals surface area contributed by atoms with E-state index >= 15 is 0 Å². The van der Waals surface area contributed by atoms with Crippen LogP contribution < -0.4 is 5.32 Å². The van der Waals surface area contributed by atoms with Crippen molar-refractivity contribution in [2.45, 2.75) is 243 Å². The molecule has 0 radical (unpaired) electrons. The van der Waals surface area contributed by atoms with E-state index < -0.39 is 49.5 Å². The summed E-state index contributed by atoms with van der Waals surface area (Å²) in [5, 5.41) is 54.5. The lowest BCUT2D eigenvalue weighted by Gasteiger charge is -2.40. The molecular weight excluding hydrogens is 971 g/mol. The third-order valence-corrected chi connectivity index (χ3v) is 13.0. The quantitative estimate of drug-likeness (QED) is 0.0261. The molecule has 0 aliphatic carbocycles. The third-order valence-electron chi connectivity index (χ3n) is 13.0. The van der Waals surface area contributed by atoms with E-state index in [9.17, 15) is 30.3 Å². The van der Waals surface area contributed by atoms with Gasteiger partial charge in [-0.25, -0.2) is 0 Å². The molecule has 1 rings (SSSR count). The SMILES string of the molecule is CC/C=C\C/C=C\C/C=C\C/C=C\C/C=C\C/C=C\C/C=C\C/C=C\C/C=C\C/C=C\C/C=C\CCCCCC(=O)NC(COC1OC(CO)C(O)C(O)C1O)C(O)/C=C/CC/C=C/CC/C=C/CCCCCCCCCC. The van der Waals surface area contributed by atoms with Crippen molar-refractivity contribution in [2.75, 3.05) is 13.2 Å². The van der Waals surface area contributed by atoms with Crippen molar-refractivity contribution < 1.29 is 39.8 Å². The summed E-state index contributed by atoms with van der Waals surface area (Å²) < 4.78 is 11.2. The van der Waals surface area contributed by atoms with Crippen LogP contribution in [0.3, 0.4) is 0 Å². The summed E-state index contributed by atoms with van der Waals surface area (Å²) in [4.78, 5) is 13.1.